The molecule has 0 spiro atoms. The van der Waals surface area contributed by atoms with Crippen LogP contribution in [0.15, 0.2) is 51.5 Å². The number of carbonyl (C=O) groups is 3. The molecule has 13 heteroatoms. The van der Waals surface area contributed by atoms with Crippen LogP contribution in [-0.2, 0) is 36.8 Å². The van der Waals surface area contributed by atoms with Crippen LogP contribution in [0.25, 0.3) is 11.3 Å². The Balaban J connectivity index is 0.000000213. The Kier molecular flexibility index (Phi) is 11.1. The summed E-state index contributed by atoms with van der Waals surface area (Å²) in [5.41, 5.74) is 1.81. The van der Waals surface area contributed by atoms with E-state index in [-0.39, 0.29) is 70.8 Å². The van der Waals surface area contributed by atoms with Gasteiger partial charge in [0.2, 0.25) is 0 Å². The zero-order valence-corrected chi connectivity index (χ0v) is 29.1. The van der Waals surface area contributed by atoms with Crippen LogP contribution in [0.4, 0.5) is 13.2 Å². The molecule has 8 nitrogen and oxygen atoms in total. The average Bonchev–Trinajstić information content (AvgIpc) is 3.27. The van der Waals surface area contributed by atoms with Gasteiger partial charge in [-0.1, -0.05) is 49.2 Å². The van der Waals surface area contributed by atoms with Crippen molar-refractivity contribution < 1.29 is 37.0 Å². The fourth-order valence-electron chi connectivity index (χ4n) is 6.12. The van der Waals surface area contributed by atoms with Crippen molar-refractivity contribution >= 4 is 45.3 Å². The lowest BCUT2D eigenvalue weighted by atomic mass is 9.93. The molecular weight excluding hydrogens is 703 g/mol. The summed E-state index contributed by atoms with van der Waals surface area (Å²) in [5.74, 6) is -0.932. The molecule has 1 aromatic heterocycles. The Morgan fingerprint density at radius 1 is 1.11 bits per heavy atom. The highest BCUT2D eigenvalue weighted by Crippen LogP contribution is 2.59. The maximum atomic E-state index is 13.4. The number of nitrogens with zero attached hydrogens (tertiary/aromatic N) is 3. The number of benzene rings is 1. The first kappa shape index (κ1) is 36.4. The van der Waals surface area contributed by atoms with E-state index in [1.165, 1.54) is 5.57 Å². The fraction of sp³-hybridized carbons (Fsp3) is 0.471. The van der Waals surface area contributed by atoms with E-state index in [1.54, 1.807) is 31.2 Å². The van der Waals surface area contributed by atoms with Crippen LogP contribution in [0.1, 0.15) is 71.6 Å². The molecule has 1 aliphatic heterocycles. The summed E-state index contributed by atoms with van der Waals surface area (Å²) < 4.78 is 51.4. The van der Waals surface area contributed by atoms with E-state index in [2.05, 4.69) is 22.0 Å². The van der Waals surface area contributed by atoms with Crippen LogP contribution in [-0.4, -0.2) is 40.6 Å². The van der Waals surface area contributed by atoms with Crippen LogP contribution >= 0.6 is 27.5 Å². The third-order valence-corrected chi connectivity index (χ3v) is 9.64. The first-order valence-corrected chi connectivity index (χ1v) is 16.4. The van der Waals surface area contributed by atoms with Crippen LogP contribution in [0, 0.1) is 28.6 Å². The number of hydrogen-bond acceptors (Lipinski definition) is 6. The Morgan fingerprint density at radius 3 is 2.17 bits per heavy atom. The van der Waals surface area contributed by atoms with Crippen LogP contribution in [0.3, 0.4) is 0 Å². The number of aromatic nitrogens is 1. The van der Waals surface area contributed by atoms with Crippen molar-refractivity contribution in [1.82, 2.24) is 9.47 Å². The van der Waals surface area contributed by atoms with E-state index in [9.17, 15) is 32.8 Å². The van der Waals surface area contributed by atoms with Gasteiger partial charge in [-0.2, -0.15) is 18.4 Å². The summed E-state index contributed by atoms with van der Waals surface area (Å²) in [6, 6.07) is 8.06. The first-order valence-electron chi connectivity index (χ1n) is 15.2. The third-order valence-electron chi connectivity index (χ3n) is 8.61. The molecule has 1 fully saturated rings. The highest BCUT2D eigenvalue weighted by Gasteiger charge is 2.61. The predicted molar refractivity (Wildman–Crippen MR) is 172 cm³/mol. The molecule has 5 rings (SSSR count). The van der Waals surface area contributed by atoms with E-state index in [0.717, 1.165) is 22.3 Å². The molecule has 2 amide bonds. The third kappa shape index (κ3) is 7.53. The number of rotatable bonds is 8. The largest absolute Gasteiger partial charge is 0.443 e. The van der Waals surface area contributed by atoms with Gasteiger partial charge in [-0.3, -0.25) is 14.4 Å². The molecule has 0 N–H and O–H groups in total. The number of alkyl halides is 3. The number of allylic oxidation sites excluding steroid dienone is 2. The number of hydrogen-bond donors (Lipinski definition) is 0. The molecule has 2 aliphatic carbocycles. The van der Waals surface area contributed by atoms with Crippen molar-refractivity contribution in [2.45, 2.75) is 73.2 Å². The molecule has 2 heterocycles. The van der Waals surface area contributed by atoms with Crippen molar-refractivity contribution in [3.8, 4) is 17.3 Å². The Labute approximate surface area is 285 Å². The molecule has 0 saturated heterocycles. The molecule has 1 aromatic carbocycles. The topological polar surface area (TPSA) is 102 Å². The highest BCUT2D eigenvalue weighted by molar-refractivity contribution is 9.10. The number of halogens is 5. The van der Waals surface area contributed by atoms with Gasteiger partial charge in [0.15, 0.2) is 6.73 Å². The van der Waals surface area contributed by atoms with E-state index >= 15 is 0 Å². The molecule has 47 heavy (non-hydrogen) atoms. The average molecular weight is 739 g/mol. The molecule has 0 bridgehead atoms. The lowest BCUT2D eigenvalue weighted by Crippen LogP contribution is -2.35. The van der Waals surface area contributed by atoms with Gasteiger partial charge in [0, 0.05) is 22.8 Å². The zero-order chi connectivity index (χ0) is 34.8. The minimum Gasteiger partial charge on any atom is -0.443 e. The molecule has 3 aliphatic rings. The molecule has 2 atom stereocenters. The Hall–Kier alpha value is -3.40. The number of imide groups is 1. The Bertz CT molecular complexity index is 1640. The number of amides is 2. The second-order valence-electron chi connectivity index (χ2n) is 12.4. The number of ether oxygens (including phenoxy) is 2. The molecule has 2 aromatic rings. The fourth-order valence-corrected chi connectivity index (χ4v) is 6.96. The summed E-state index contributed by atoms with van der Waals surface area (Å²) in [6.07, 6.45) is 0.647. The summed E-state index contributed by atoms with van der Waals surface area (Å²) in [6.45, 7) is 9.43. The number of carbonyl (C=O) groups excluding carboxylic acids is 3. The second-order valence-corrected chi connectivity index (χ2v) is 13.6. The van der Waals surface area contributed by atoms with E-state index < -0.39 is 11.9 Å². The van der Waals surface area contributed by atoms with Crippen molar-refractivity contribution in [1.29, 1.82) is 5.26 Å². The molecule has 1 saturated carbocycles. The lowest BCUT2D eigenvalue weighted by molar-refractivity contribution is -0.157. The molecular formula is C34H36BrClF3N3O5. The van der Waals surface area contributed by atoms with Gasteiger partial charge in [-0.15, -0.1) is 0 Å². The normalized spacial score (nSPS) is 19.9. The van der Waals surface area contributed by atoms with Gasteiger partial charge in [-0.05, 0) is 91.4 Å². The minimum atomic E-state index is -4.63. The number of nitriles is 1. The van der Waals surface area contributed by atoms with Gasteiger partial charge in [0.05, 0.1) is 21.6 Å². The van der Waals surface area contributed by atoms with Crippen molar-refractivity contribution in [2.75, 3.05) is 13.3 Å². The standard InChI is InChI=1S/C19H25NO4.C15H11BrClF3N2O/c1-11(2)9-14-15(19(14,3)4)18(23)24-10-20-16(21)12-7-5-6-8-13(12)17(20)22;1-2-23-8-22-13(9-3-5-10(17)6-4-9)11(7-21)12(16)14(22)15(18,19)20/h9,14-15H,5-8,10H2,1-4H3;3-6H,2,8H2,1H3. The monoisotopic (exact) mass is 737 g/mol. The summed E-state index contributed by atoms with van der Waals surface area (Å²) in [4.78, 5) is 38.1. The minimum absolute atomic E-state index is 0.0978. The van der Waals surface area contributed by atoms with Crippen molar-refractivity contribution in [3.63, 3.8) is 0 Å². The van der Waals surface area contributed by atoms with Crippen LogP contribution in [0.5, 0.6) is 0 Å². The summed E-state index contributed by atoms with van der Waals surface area (Å²) >= 11 is 8.73. The highest BCUT2D eigenvalue weighted by atomic mass is 79.9. The SMILES string of the molecule is CC(C)=CC1C(C(=O)OCN2C(=O)C3=C(CCCC3)C2=O)C1(C)C.CCOCn1c(-c2ccc(Cl)cc2)c(C#N)c(Br)c1C(F)(F)F. The smallest absolute Gasteiger partial charge is 0.432 e. The van der Waals surface area contributed by atoms with Gasteiger partial charge in [-0.25, -0.2) is 4.90 Å². The maximum absolute atomic E-state index is 13.4. The van der Waals surface area contributed by atoms with Crippen molar-refractivity contribution in [2.24, 2.45) is 17.3 Å². The maximum Gasteiger partial charge on any atom is 0.432 e. The Morgan fingerprint density at radius 2 is 1.68 bits per heavy atom. The van der Waals surface area contributed by atoms with Crippen LogP contribution in [0.2, 0.25) is 5.02 Å². The van der Waals surface area contributed by atoms with Gasteiger partial charge in [0.25, 0.3) is 11.8 Å². The molecule has 0 radical (unpaired) electrons. The van der Waals surface area contributed by atoms with Crippen LogP contribution < -0.4 is 0 Å². The first-order chi connectivity index (χ1) is 22.1. The molecule has 2 unspecified atom stereocenters. The van der Waals surface area contributed by atoms with E-state index in [0.29, 0.717) is 34.6 Å². The lowest BCUT2D eigenvalue weighted by Gasteiger charge is -2.15. The zero-order valence-electron chi connectivity index (χ0n) is 26.8. The predicted octanol–water partition coefficient (Wildman–Crippen LogP) is 8.42. The summed E-state index contributed by atoms with van der Waals surface area (Å²) in [5, 5.41) is 9.77. The van der Waals surface area contributed by atoms with E-state index in [4.69, 9.17) is 21.1 Å². The quantitative estimate of drug-likeness (QED) is 0.153. The van der Waals surface area contributed by atoms with Gasteiger partial charge < -0.3 is 14.0 Å². The molecule has 252 valence electrons. The second kappa shape index (κ2) is 14.4. The van der Waals surface area contributed by atoms with Crippen molar-refractivity contribution in [3.05, 3.63) is 67.8 Å². The summed E-state index contributed by atoms with van der Waals surface area (Å²) in [7, 11) is 0. The van der Waals surface area contributed by atoms with E-state index in [1.807, 2.05) is 33.8 Å². The van der Waals surface area contributed by atoms with Gasteiger partial charge >= 0.3 is 12.1 Å². The number of esters is 1. The van der Waals surface area contributed by atoms with Gasteiger partial charge in [0.1, 0.15) is 18.5 Å².